The van der Waals surface area contributed by atoms with E-state index in [2.05, 4.69) is 51.5 Å². The number of benzene rings is 1. The monoisotopic (exact) mass is 451 g/mol. The van der Waals surface area contributed by atoms with Gasteiger partial charge in [0, 0.05) is 31.9 Å². The van der Waals surface area contributed by atoms with Crippen LogP contribution in [-0.4, -0.2) is 44.9 Å². The van der Waals surface area contributed by atoms with E-state index in [4.69, 9.17) is 4.98 Å². The molecule has 6 rings (SSSR count). The van der Waals surface area contributed by atoms with Gasteiger partial charge in [0.2, 0.25) is 0 Å². The van der Waals surface area contributed by atoms with Gasteiger partial charge in [0.15, 0.2) is 5.82 Å². The van der Waals surface area contributed by atoms with Gasteiger partial charge < -0.3 is 4.90 Å². The smallest absolute Gasteiger partial charge is 0.329 e. The fraction of sp³-hybridized carbons (Fsp3) is 0.231. The van der Waals surface area contributed by atoms with E-state index in [0.717, 1.165) is 47.8 Å². The summed E-state index contributed by atoms with van der Waals surface area (Å²) in [5.74, 6) is 1.20. The van der Waals surface area contributed by atoms with Crippen LogP contribution in [0.2, 0.25) is 0 Å². The van der Waals surface area contributed by atoms with Crippen LogP contribution in [0.3, 0.4) is 0 Å². The van der Waals surface area contributed by atoms with Crippen molar-refractivity contribution in [2.24, 2.45) is 7.05 Å². The topological polar surface area (TPSA) is 79.2 Å². The van der Waals surface area contributed by atoms with Gasteiger partial charge >= 0.3 is 6.03 Å². The maximum absolute atomic E-state index is 13.6. The first-order valence-corrected chi connectivity index (χ1v) is 11.5. The first-order valence-electron chi connectivity index (χ1n) is 11.5. The summed E-state index contributed by atoms with van der Waals surface area (Å²) in [5.41, 5.74) is 5.71. The van der Waals surface area contributed by atoms with E-state index in [1.165, 1.54) is 5.56 Å². The Morgan fingerprint density at radius 3 is 2.74 bits per heavy atom. The normalized spacial score (nSPS) is 16.5. The number of aromatic nitrogens is 4. The molecule has 3 aromatic heterocycles. The lowest BCUT2D eigenvalue weighted by molar-refractivity contribution is 0.254. The first-order chi connectivity index (χ1) is 16.6. The number of carbonyl (C=O) groups excluding carboxylic acids is 1. The summed E-state index contributed by atoms with van der Waals surface area (Å²) in [6, 6.07) is 19.8. The number of nitrogens with one attached hydrogen (secondary N) is 1. The van der Waals surface area contributed by atoms with Crippen molar-refractivity contribution < 1.29 is 4.79 Å². The Kier molecular flexibility index (Phi) is 4.79. The molecular formula is C26H25N7O. The molecule has 2 aliphatic heterocycles. The highest BCUT2D eigenvalue weighted by molar-refractivity contribution is 6.04. The number of hydrogen-bond donors (Lipinski definition) is 1. The predicted molar refractivity (Wildman–Crippen MR) is 133 cm³/mol. The minimum Gasteiger partial charge on any atom is -0.366 e. The van der Waals surface area contributed by atoms with Gasteiger partial charge in [0.1, 0.15) is 5.82 Å². The zero-order valence-corrected chi connectivity index (χ0v) is 19.1. The molecule has 0 radical (unpaired) electrons. The van der Waals surface area contributed by atoms with Crippen molar-refractivity contribution in [2.45, 2.75) is 19.4 Å². The number of hydrogen-bond acceptors (Lipinski definition) is 5. The lowest BCUT2D eigenvalue weighted by Crippen LogP contribution is -2.48. The average Bonchev–Trinajstić information content (AvgIpc) is 3.46. The van der Waals surface area contributed by atoms with Crippen LogP contribution in [0.1, 0.15) is 12.0 Å². The van der Waals surface area contributed by atoms with E-state index in [0.29, 0.717) is 11.6 Å². The molecule has 2 amide bonds. The van der Waals surface area contributed by atoms with Crippen LogP contribution in [0.15, 0.2) is 66.9 Å². The number of carbonyl (C=O) groups is 1. The molecule has 8 nitrogen and oxygen atoms in total. The molecule has 0 unspecified atom stereocenters. The van der Waals surface area contributed by atoms with E-state index in [1.54, 1.807) is 16.9 Å². The quantitative estimate of drug-likeness (QED) is 0.497. The molecule has 1 saturated heterocycles. The number of aryl methyl sites for hydroxylation is 2. The number of urea groups is 1. The van der Waals surface area contributed by atoms with E-state index < -0.39 is 0 Å². The van der Waals surface area contributed by atoms with E-state index in [-0.39, 0.29) is 12.1 Å². The molecule has 1 atom stereocenters. The van der Waals surface area contributed by atoms with Gasteiger partial charge in [0.25, 0.3) is 0 Å². The Balaban J connectivity index is 1.34. The third-order valence-electron chi connectivity index (χ3n) is 6.55. The summed E-state index contributed by atoms with van der Waals surface area (Å²) in [5, 5.41) is 7.23. The van der Waals surface area contributed by atoms with Crippen molar-refractivity contribution in [3.63, 3.8) is 0 Å². The summed E-state index contributed by atoms with van der Waals surface area (Å²) in [6.07, 6.45) is 2.64. The van der Waals surface area contributed by atoms with E-state index >= 15 is 0 Å². The van der Waals surface area contributed by atoms with Gasteiger partial charge in [-0.25, -0.2) is 14.8 Å². The van der Waals surface area contributed by atoms with Crippen LogP contribution in [0.4, 0.5) is 22.1 Å². The van der Waals surface area contributed by atoms with Gasteiger partial charge in [-0.15, -0.1) is 0 Å². The third kappa shape index (κ3) is 3.48. The second-order valence-corrected chi connectivity index (χ2v) is 8.85. The first kappa shape index (κ1) is 20.4. The Bertz CT molecular complexity index is 1400. The second kappa shape index (κ2) is 7.98. The lowest BCUT2D eigenvalue weighted by atomic mass is 10.1. The molecule has 5 heterocycles. The largest absolute Gasteiger partial charge is 0.366 e. The fourth-order valence-electron chi connectivity index (χ4n) is 4.88. The minimum absolute atomic E-state index is 0.0769. The van der Waals surface area contributed by atoms with Gasteiger partial charge in [-0.1, -0.05) is 29.8 Å². The molecule has 0 saturated carbocycles. The predicted octanol–water partition coefficient (Wildman–Crippen LogP) is 4.48. The highest BCUT2D eigenvalue weighted by atomic mass is 16.2. The standard InChI is InChI=1S/C26H25N7O/c1-17-5-3-6-18(15-17)20-9-10-23-25(29-20)33(19-12-14-32(23)16-19)26(34)30-24-8-4-7-21(28-24)22-11-13-27-31(22)2/h3-11,13,15,19H,12,14,16H2,1-2H3,(H,28,30,34)/t19-/m0/s1. The molecular weight excluding hydrogens is 426 g/mol. The van der Waals surface area contributed by atoms with Crippen molar-refractivity contribution in [1.29, 1.82) is 0 Å². The second-order valence-electron chi connectivity index (χ2n) is 8.85. The van der Waals surface area contributed by atoms with E-state index in [1.807, 2.05) is 42.3 Å². The van der Waals surface area contributed by atoms with Crippen molar-refractivity contribution in [3.8, 4) is 22.6 Å². The van der Waals surface area contributed by atoms with Gasteiger partial charge in [-0.05, 0) is 49.7 Å². The van der Waals surface area contributed by atoms with Gasteiger partial charge in [-0.3, -0.25) is 14.9 Å². The molecule has 1 N–H and O–H groups in total. The van der Waals surface area contributed by atoms with Crippen molar-refractivity contribution in [3.05, 3.63) is 72.4 Å². The maximum Gasteiger partial charge on any atom is 0.329 e. The molecule has 2 aliphatic rings. The molecule has 1 fully saturated rings. The molecule has 1 aromatic carbocycles. The summed E-state index contributed by atoms with van der Waals surface area (Å²) >= 11 is 0. The molecule has 0 aliphatic carbocycles. The minimum atomic E-state index is -0.212. The summed E-state index contributed by atoms with van der Waals surface area (Å²) < 4.78 is 1.76. The molecule has 170 valence electrons. The van der Waals surface area contributed by atoms with Crippen LogP contribution >= 0.6 is 0 Å². The number of rotatable bonds is 3. The van der Waals surface area contributed by atoms with Crippen LogP contribution in [-0.2, 0) is 7.05 Å². The van der Waals surface area contributed by atoms with Crippen molar-refractivity contribution >= 4 is 23.4 Å². The third-order valence-corrected chi connectivity index (χ3v) is 6.55. The highest BCUT2D eigenvalue weighted by Gasteiger charge is 2.40. The molecule has 34 heavy (non-hydrogen) atoms. The summed E-state index contributed by atoms with van der Waals surface area (Å²) in [6.45, 7) is 3.80. The van der Waals surface area contributed by atoms with Crippen LogP contribution in [0.25, 0.3) is 22.6 Å². The summed E-state index contributed by atoms with van der Waals surface area (Å²) in [4.78, 5) is 27.3. The molecule has 8 heteroatoms. The number of anilines is 3. The van der Waals surface area contributed by atoms with Gasteiger partial charge in [0.05, 0.1) is 28.8 Å². The van der Waals surface area contributed by atoms with Crippen LogP contribution in [0, 0.1) is 6.92 Å². The average molecular weight is 452 g/mol. The number of amides is 2. The Labute approximate surface area is 197 Å². The van der Waals surface area contributed by atoms with Crippen LogP contribution in [0.5, 0.6) is 0 Å². The molecule has 2 bridgehead atoms. The molecule has 4 aromatic rings. The summed E-state index contributed by atoms with van der Waals surface area (Å²) in [7, 11) is 1.87. The Morgan fingerprint density at radius 1 is 1.03 bits per heavy atom. The Morgan fingerprint density at radius 2 is 1.91 bits per heavy atom. The maximum atomic E-state index is 13.6. The molecule has 0 spiro atoms. The van der Waals surface area contributed by atoms with E-state index in [9.17, 15) is 4.79 Å². The Hall–Kier alpha value is -4.20. The number of nitrogens with zero attached hydrogens (tertiary/aromatic N) is 6. The number of fused-ring (bicyclic) bond motifs is 4. The number of pyridine rings is 2. The SMILES string of the molecule is Cc1cccc(-c2ccc3c(n2)N(C(=O)Nc2cccc(-c4ccnn4C)n2)[C@H]2CCN3C2)c1. The fourth-order valence-corrected chi connectivity index (χ4v) is 4.88. The zero-order chi connectivity index (χ0) is 23.2. The zero-order valence-electron chi connectivity index (χ0n) is 19.1. The lowest BCUT2D eigenvalue weighted by Gasteiger charge is -2.35. The van der Waals surface area contributed by atoms with Crippen molar-refractivity contribution in [1.82, 2.24) is 19.7 Å². The van der Waals surface area contributed by atoms with Crippen molar-refractivity contribution in [2.75, 3.05) is 28.2 Å². The highest BCUT2D eigenvalue weighted by Crippen LogP contribution is 2.40. The van der Waals surface area contributed by atoms with Crippen LogP contribution < -0.4 is 15.1 Å². The van der Waals surface area contributed by atoms with Gasteiger partial charge in [-0.2, -0.15) is 5.10 Å².